The Labute approximate surface area is 113 Å². The van der Waals surface area contributed by atoms with Gasteiger partial charge in [0.2, 0.25) is 0 Å². The van der Waals surface area contributed by atoms with Gasteiger partial charge in [-0.05, 0) is 31.0 Å². The molecular formula is C15H19ClN2. The van der Waals surface area contributed by atoms with Gasteiger partial charge in [0.25, 0.3) is 0 Å². The van der Waals surface area contributed by atoms with Crippen LogP contribution in [0.5, 0.6) is 0 Å². The second-order valence-electron chi connectivity index (χ2n) is 6.00. The fourth-order valence-corrected chi connectivity index (χ4v) is 3.21. The Morgan fingerprint density at radius 1 is 1.33 bits per heavy atom. The molecule has 1 aromatic carbocycles. The van der Waals surface area contributed by atoms with Crippen molar-refractivity contribution in [1.82, 2.24) is 10.3 Å². The van der Waals surface area contributed by atoms with Gasteiger partial charge >= 0.3 is 0 Å². The van der Waals surface area contributed by atoms with Gasteiger partial charge in [0.15, 0.2) is 0 Å². The second-order valence-corrected chi connectivity index (χ2v) is 6.40. The molecule has 0 fully saturated rings. The average molecular weight is 263 g/mol. The third kappa shape index (κ3) is 1.52. The molecule has 0 amide bonds. The summed E-state index contributed by atoms with van der Waals surface area (Å²) in [4.78, 5) is 3.58. The number of halogens is 1. The number of aryl methyl sites for hydroxylation is 1. The van der Waals surface area contributed by atoms with E-state index in [0.717, 1.165) is 17.1 Å². The van der Waals surface area contributed by atoms with Crippen LogP contribution < -0.4 is 5.32 Å². The van der Waals surface area contributed by atoms with Crippen molar-refractivity contribution in [2.24, 2.45) is 0 Å². The normalized spacial score (nSPS) is 22.2. The van der Waals surface area contributed by atoms with Gasteiger partial charge in [-0.15, -0.1) is 0 Å². The van der Waals surface area contributed by atoms with Gasteiger partial charge in [-0.3, -0.25) is 0 Å². The molecule has 96 valence electrons. The van der Waals surface area contributed by atoms with Gasteiger partial charge < -0.3 is 10.3 Å². The van der Waals surface area contributed by atoms with Gasteiger partial charge in [0, 0.05) is 34.1 Å². The molecule has 1 atom stereocenters. The molecule has 2 aromatic rings. The summed E-state index contributed by atoms with van der Waals surface area (Å²) < 4.78 is 0. The van der Waals surface area contributed by atoms with Crippen LogP contribution in [0.15, 0.2) is 12.1 Å². The largest absolute Gasteiger partial charge is 0.357 e. The van der Waals surface area contributed by atoms with E-state index in [0.29, 0.717) is 6.04 Å². The van der Waals surface area contributed by atoms with Crippen LogP contribution in [0.4, 0.5) is 0 Å². The highest BCUT2D eigenvalue weighted by Gasteiger charge is 2.34. The zero-order valence-electron chi connectivity index (χ0n) is 11.3. The summed E-state index contributed by atoms with van der Waals surface area (Å²) in [6, 6.07) is 4.54. The summed E-state index contributed by atoms with van der Waals surface area (Å²) in [6.45, 7) is 9.89. The molecule has 1 unspecified atom stereocenters. The minimum absolute atomic E-state index is 0.153. The van der Waals surface area contributed by atoms with E-state index >= 15 is 0 Å². The molecule has 3 rings (SSSR count). The van der Waals surface area contributed by atoms with E-state index in [4.69, 9.17) is 11.6 Å². The van der Waals surface area contributed by atoms with Crippen LogP contribution in [0.25, 0.3) is 10.9 Å². The van der Waals surface area contributed by atoms with Crippen LogP contribution in [0.3, 0.4) is 0 Å². The molecule has 0 spiro atoms. The van der Waals surface area contributed by atoms with Crippen molar-refractivity contribution in [1.29, 1.82) is 0 Å². The molecule has 2 N–H and O–H groups in total. The number of fused-ring (bicyclic) bond motifs is 3. The van der Waals surface area contributed by atoms with E-state index in [1.807, 2.05) is 6.07 Å². The Morgan fingerprint density at radius 2 is 2.06 bits per heavy atom. The predicted octanol–water partition coefficient (Wildman–Crippen LogP) is 4.07. The zero-order valence-corrected chi connectivity index (χ0v) is 12.1. The molecule has 2 nitrogen and oxygen atoms in total. The smallest absolute Gasteiger partial charge is 0.0504 e. The molecule has 2 heterocycles. The van der Waals surface area contributed by atoms with E-state index in [1.165, 1.54) is 22.2 Å². The van der Waals surface area contributed by atoms with Gasteiger partial charge in [0.05, 0.1) is 5.52 Å². The summed E-state index contributed by atoms with van der Waals surface area (Å²) >= 11 is 6.22. The van der Waals surface area contributed by atoms with Crippen molar-refractivity contribution in [2.75, 3.05) is 6.54 Å². The molecule has 0 saturated heterocycles. The number of hydrogen-bond donors (Lipinski definition) is 2. The number of hydrogen-bond acceptors (Lipinski definition) is 1. The number of rotatable bonds is 0. The van der Waals surface area contributed by atoms with Crippen molar-refractivity contribution in [3.05, 3.63) is 34.0 Å². The number of aromatic nitrogens is 1. The first-order valence-electron chi connectivity index (χ1n) is 6.46. The molecular weight excluding hydrogens is 244 g/mol. The Morgan fingerprint density at radius 3 is 2.78 bits per heavy atom. The van der Waals surface area contributed by atoms with Crippen molar-refractivity contribution >= 4 is 22.5 Å². The molecule has 1 aromatic heterocycles. The standard InChI is InChI=1S/C15H19ClN2/c1-8-11(16)6-5-10-12-14(18-13(8)10)9(2)17-7-15(12,3)4/h5-6,9,17-18H,7H2,1-4H3. The lowest BCUT2D eigenvalue weighted by Crippen LogP contribution is -2.40. The Kier molecular flexibility index (Phi) is 2.51. The van der Waals surface area contributed by atoms with Crippen LogP contribution in [0.2, 0.25) is 5.02 Å². The minimum Gasteiger partial charge on any atom is -0.357 e. The third-order valence-electron chi connectivity index (χ3n) is 4.16. The molecule has 18 heavy (non-hydrogen) atoms. The van der Waals surface area contributed by atoms with Crippen LogP contribution in [-0.4, -0.2) is 11.5 Å². The van der Waals surface area contributed by atoms with Crippen LogP contribution in [0, 0.1) is 6.92 Å². The first-order chi connectivity index (χ1) is 8.42. The summed E-state index contributed by atoms with van der Waals surface area (Å²) in [6.07, 6.45) is 0. The number of H-pyrrole nitrogens is 1. The van der Waals surface area contributed by atoms with E-state index in [-0.39, 0.29) is 5.41 Å². The van der Waals surface area contributed by atoms with Crippen molar-refractivity contribution in [3.63, 3.8) is 0 Å². The zero-order chi connectivity index (χ0) is 13.1. The maximum Gasteiger partial charge on any atom is 0.0504 e. The molecule has 0 bridgehead atoms. The maximum atomic E-state index is 6.22. The van der Waals surface area contributed by atoms with Crippen molar-refractivity contribution < 1.29 is 0 Å². The second kappa shape index (κ2) is 3.75. The summed E-state index contributed by atoms with van der Waals surface area (Å²) in [5.41, 5.74) is 5.25. The fraction of sp³-hybridized carbons (Fsp3) is 0.467. The van der Waals surface area contributed by atoms with E-state index < -0.39 is 0 Å². The number of benzene rings is 1. The Bertz CT molecular complexity index is 625. The maximum absolute atomic E-state index is 6.22. The van der Waals surface area contributed by atoms with Crippen LogP contribution in [-0.2, 0) is 5.41 Å². The van der Waals surface area contributed by atoms with Crippen LogP contribution in [0.1, 0.15) is 43.6 Å². The molecule has 3 heteroatoms. The molecule has 1 aliphatic heterocycles. The Hall–Kier alpha value is -0.990. The monoisotopic (exact) mass is 262 g/mol. The summed E-state index contributed by atoms with van der Waals surface area (Å²) in [7, 11) is 0. The van der Waals surface area contributed by atoms with Crippen molar-refractivity contribution in [3.8, 4) is 0 Å². The predicted molar refractivity (Wildman–Crippen MR) is 77.5 cm³/mol. The number of aromatic amines is 1. The third-order valence-corrected chi connectivity index (χ3v) is 4.57. The summed E-state index contributed by atoms with van der Waals surface area (Å²) in [5.74, 6) is 0. The summed E-state index contributed by atoms with van der Waals surface area (Å²) in [5, 5.41) is 5.72. The lowest BCUT2D eigenvalue weighted by Gasteiger charge is -2.34. The average Bonchev–Trinajstić information content (AvgIpc) is 2.71. The molecule has 0 aliphatic carbocycles. The van der Waals surface area contributed by atoms with Gasteiger partial charge in [-0.2, -0.15) is 0 Å². The van der Waals surface area contributed by atoms with Gasteiger partial charge in [-0.25, -0.2) is 0 Å². The van der Waals surface area contributed by atoms with E-state index in [1.54, 1.807) is 0 Å². The quantitative estimate of drug-likeness (QED) is 0.736. The topological polar surface area (TPSA) is 27.8 Å². The van der Waals surface area contributed by atoms with Crippen molar-refractivity contribution in [2.45, 2.75) is 39.2 Å². The highest BCUT2D eigenvalue weighted by Crippen LogP contribution is 2.41. The molecule has 1 aliphatic rings. The lowest BCUT2D eigenvalue weighted by atomic mass is 9.78. The highest BCUT2D eigenvalue weighted by atomic mass is 35.5. The first kappa shape index (κ1) is 12.1. The van der Waals surface area contributed by atoms with Gasteiger partial charge in [-0.1, -0.05) is 31.5 Å². The number of nitrogens with one attached hydrogen (secondary N) is 2. The van der Waals surface area contributed by atoms with Crippen LogP contribution >= 0.6 is 11.6 Å². The fourth-order valence-electron chi connectivity index (χ4n) is 3.05. The minimum atomic E-state index is 0.153. The SMILES string of the molecule is Cc1c(Cl)ccc2c3c([nH]c12)C(C)NCC3(C)C. The Balaban J connectivity index is 2.41. The first-order valence-corrected chi connectivity index (χ1v) is 6.84. The lowest BCUT2D eigenvalue weighted by molar-refractivity contribution is 0.394. The molecule has 0 radical (unpaired) electrons. The highest BCUT2D eigenvalue weighted by molar-refractivity contribution is 6.32. The van der Waals surface area contributed by atoms with Gasteiger partial charge in [0.1, 0.15) is 0 Å². The van der Waals surface area contributed by atoms with E-state index in [2.05, 4.69) is 44.1 Å². The molecule has 0 saturated carbocycles. The van der Waals surface area contributed by atoms with E-state index in [9.17, 15) is 0 Å².